The highest BCUT2D eigenvalue weighted by atomic mass is 32.1. The predicted molar refractivity (Wildman–Crippen MR) is 199 cm³/mol. The zero-order chi connectivity index (χ0) is 39.7. The first kappa shape index (κ1) is 39.4. The number of nitrogens with one attached hydrogen (secondary N) is 3. The molecule has 55 heavy (non-hydrogen) atoms. The van der Waals surface area contributed by atoms with Crippen molar-refractivity contribution in [3.05, 3.63) is 77.6 Å². The molecule has 0 aliphatic carbocycles. The molecule has 3 saturated heterocycles. The summed E-state index contributed by atoms with van der Waals surface area (Å²) in [5.41, 5.74) is -2.82. The van der Waals surface area contributed by atoms with Gasteiger partial charge in [-0.05, 0) is 101 Å². The quantitative estimate of drug-likeness (QED) is 0.119. The summed E-state index contributed by atoms with van der Waals surface area (Å²) in [6, 6.07) is 15.1. The third-order valence-electron chi connectivity index (χ3n) is 9.98. The summed E-state index contributed by atoms with van der Waals surface area (Å²) < 4.78 is 62.4. The van der Waals surface area contributed by atoms with E-state index in [0.717, 1.165) is 17.0 Å². The number of hydrogen-bond acceptors (Lipinski definition) is 10. The van der Waals surface area contributed by atoms with E-state index in [0.29, 0.717) is 43.7 Å². The molecule has 0 bridgehead atoms. The summed E-state index contributed by atoms with van der Waals surface area (Å²) in [4.78, 5) is 54.5. The summed E-state index contributed by atoms with van der Waals surface area (Å²) >= 11 is 4.57. The van der Waals surface area contributed by atoms with Gasteiger partial charge in [0.1, 0.15) is 11.6 Å². The van der Waals surface area contributed by atoms with Gasteiger partial charge in [0, 0.05) is 35.2 Å². The van der Waals surface area contributed by atoms with E-state index in [2.05, 4.69) is 28.6 Å². The Hall–Kier alpha value is -5.34. The third kappa shape index (κ3) is 8.65. The van der Waals surface area contributed by atoms with Crippen molar-refractivity contribution in [3.8, 4) is 11.8 Å². The zero-order valence-electron chi connectivity index (χ0n) is 30.0. The number of piperidine rings is 2. The van der Waals surface area contributed by atoms with Crippen LogP contribution < -0.4 is 30.5 Å². The lowest BCUT2D eigenvalue weighted by molar-refractivity contribution is -0.138. The molecular weight excluding hydrogens is 743 g/mol. The summed E-state index contributed by atoms with van der Waals surface area (Å²) in [5, 5.41) is 17.5. The number of imide groups is 1. The number of ether oxygens (including phenoxy) is 1. The fraction of sp³-hybridized carbons (Fsp3) is 0.395. The fourth-order valence-corrected chi connectivity index (χ4v) is 7.69. The molecule has 3 aromatic carbocycles. The molecule has 3 aromatic rings. The predicted octanol–water partition coefficient (Wildman–Crippen LogP) is 5.51. The van der Waals surface area contributed by atoms with Gasteiger partial charge >= 0.3 is 6.18 Å². The number of nitrogens with zero attached hydrogens (tertiary/aromatic N) is 4. The Labute approximate surface area is 320 Å². The van der Waals surface area contributed by atoms with Crippen molar-refractivity contribution < 1.29 is 41.5 Å². The molecule has 6 rings (SSSR count). The number of carbonyl (C=O) groups is 4. The van der Waals surface area contributed by atoms with Gasteiger partial charge in [0.25, 0.3) is 5.91 Å². The first-order chi connectivity index (χ1) is 26.0. The Morgan fingerprint density at radius 2 is 1.73 bits per heavy atom. The number of likely N-dealkylation sites (tertiary alicyclic amines) is 1. The van der Waals surface area contributed by atoms with E-state index in [1.54, 1.807) is 44.2 Å². The smallest absolute Gasteiger partial charge is 0.417 e. The van der Waals surface area contributed by atoms with E-state index in [1.165, 1.54) is 29.2 Å². The normalized spacial score (nSPS) is 20.6. The summed E-state index contributed by atoms with van der Waals surface area (Å²) in [7, 11) is 0. The first-order valence-electron chi connectivity index (χ1n) is 17.6. The monoisotopic (exact) mass is 781 g/mol. The molecule has 0 aromatic heterocycles. The Bertz CT molecular complexity index is 2030. The molecule has 0 radical (unpaired) electrons. The van der Waals surface area contributed by atoms with Gasteiger partial charge < -0.3 is 20.3 Å². The third-order valence-corrected chi connectivity index (χ3v) is 10.4. The molecule has 290 valence electrons. The van der Waals surface area contributed by atoms with Crippen molar-refractivity contribution in [2.24, 2.45) is 5.92 Å². The van der Waals surface area contributed by atoms with E-state index in [9.17, 15) is 37.6 Å². The van der Waals surface area contributed by atoms with Crippen LogP contribution in [0.25, 0.3) is 0 Å². The van der Waals surface area contributed by atoms with Crippen LogP contribution in [0.2, 0.25) is 0 Å². The molecule has 3 fully saturated rings. The molecule has 12 nitrogen and oxygen atoms in total. The van der Waals surface area contributed by atoms with Gasteiger partial charge in [-0.25, -0.2) is 4.39 Å². The molecule has 3 aliphatic heterocycles. The number of hydrogen-bond donors (Lipinski definition) is 4. The second-order valence-electron chi connectivity index (χ2n) is 14.2. The topological polar surface area (TPSA) is 147 Å². The number of anilines is 4. The SMILES string of the molecule is CC1(C)C(=O)N(c2ccc(C#N)c(C(F)(F)F)c2)C(S)N1c1ccc(OCC2CCN(CC(=O)Nc3cccc(NC4CCC(=O)NC4=O)c3)CC2)c(F)c1. The lowest BCUT2D eigenvalue weighted by atomic mass is 9.98. The Morgan fingerprint density at radius 3 is 2.40 bits per heavy atom. The van der Waals surface area contributed by atoms with Crippen LogP contribution in [0.1, 0.15) is 50.7 Å². The Kier molecular flexibility index (Phi) is 11.3. The molecule has 3 heterocycles. The van der Waals surface area contributed by atoms with Crippen molar-refractivity contribution in [1.82, 2.24) is 10.2 Å². The van der Waals surface area contributed by atoms with Crippen LogP contribution in [0.3, 0.4) is 0 Å². The van der Waals surface area contributed by atoms with Gasteiger partial charge in [0.05, 0.1) is 30.3 Å². The average molecular weight is 782 g/mol. The van der Waals surface area contributed by atoms with Gasteiger partial charge in [-0.15, -0.1) is 12.6 Å². The number of alkyl halides is 3. The van der Waals surface area contributed by atoms with Crippen molar-refractivity contribution >= 4 is 59.0 Å². The molecule has 2 atom stereocenters. The molecular formula is C38H39F4N7O5S. The number of rotatable bonds is 10. The first-order valence-corrected chi connectivity index (χ1v) is 18.1. The van der Waals surface area contributed by atoms with Crippen LogP contribution >= 0.6 is 12.6 Å². The molecule has 3 N–H and O–H groups in total. The van der Waals surface area contributed by atoms with Crippen LogP contribution in [-0.4, -0.2) is 71.8 Å². The standard InChI is InChI=1S/C38H39F4N7O5S/c1-37(2)35(53)48(26-7-6-23(19-43)28(17-26)38(40,41)42)36(55)49(37)27-8-10-31(29(39)18-27)54-21-22-12-14-47(15-13-22)20-33(51)45-25-5-3-4-24(16-25)44-30-9-11-32(50)46-34(30)52/h3-8,10,16-18,22,30,36,44,55H,9,11-15,20-21H2,1-2H3,(H,45,51)(H,46,50,52). The maximum absolute atomic E-state index is 15.5. The molecule has 0 saturated carbocycles. The van der Waals surface area contributed by atoms with E-state index in [1.807, 2.05) is 4.90 Å². The molecule has 2 unspecified atom stereocenters. The van der Waals surface area contributed by atoms with Crippen LogP contribution in [-0.2, 0) is 25.4 Å². The van der Waals surface area contributed by atoms with Gasteiger partial charge in [0.15, 0.2) is 17.1 Å². The number of carbonyl (C=O) groups excluding carboxylic acids is 4. The summed E-state index contributed by atoms with van der Waals surface area (Å²) in [6.07, 6.45) is -2.77. The number of nitriles is 1. The fourth-order valence-electron chi connectivity index (χ4n) is 7.03. The van der Waals surface area contributed by atoms with E-state index >= 15 is 4.39 Å². The summed E-state index contributed by atoms with van der Waals surface area (Å²) in [6.45, 7) is 4.78. The van der Waals surface area contributed by atoms with Crippen LogP contribution in [0.5, 0.6) is 5.75 Å². The van der Waals surface area contributed by atoms with Crippen LogP contribution in [0.4, 0.5) is 40.3 Å². The number of benzene rings is 3. The minimum absolute atomic E-state index is 0.00214. The average Bonchev–Trinajstić information content (AvgIpc) is 3.31. The van der Waals surface area contributed by atoms with Crippen LogP contribution in [0, 0.1) is 23.1 Å². The lowest BCUT2D eigenvalue weighted by Gasteiger charge is -2.33. The molecule has 4 amide bonds. The number of thiol groups is 1. The second kappa shape index (κ2) is 15.8. The Morgan fingerprint density at radius 1 is 1.02 bits per heavy atom. The number of amides is 4. The van der Waals surface area contributed by atoms with Crippen molar-refractivity contribution in [2.75, 3.05) is 46.7 Å². The van der Waals surface area contributed by atoms with Gasteiger partial charge in [-0.3, -0.25) is 34.3 Å². The van der Waals surface area contributed by atoms with Gasteiger partial charge in [0.2, 0.25) is 17.7 Å². The van der Waals surface area contributed by atoms with E-state index < -0.39 is 46.1 Å². The van der Waals surface area contributed by atoms with Crippen LogP contribution in [0.15, 0.2) is 60.7 Å². The van der Waals surface area contributed by atoms with E-state index in [4.69, 9.17) is 4.74 Å². The summed E-state index contributed by atoms with van der Waals surface area (Å²) in [5.74, 6) is -2.04. The molecule has 17 heteroatoms. The Balaban J connectivity index is 1.00. The highest BCUT2D eigenvalue weighted by Gasteiger charge is 2.52. The minimum atomic E-state index is -4.83. The maximum atomic E-state index is 15.5. The van der Waals surface area contributed by atoms with Crippen molar-refractivity contribution in [1.29, 1.82) is 5.26 Å². The largest absolute Gasteiger partial charge is 0.490 e. The second-order valence-corrected chi connectivity index (χ2v) is 14.7. The number of halogens is 4. The lowest BCUT2D eigenvalue weighted by Crippen LogP contribution is -2.47. The highest BCUT2D eigenvalue weighted by molar-refractivity contribution is 7.81. The van der Waals surface area contributed by atoms with Crippen molar-refractivity contribution in [2.45, 2.75) is 62.8 Å². The van der Waals surface area contributed by atoms with Gasteiger partial charge in [-0.2, -0.15) is 18.4 Å². The molecule has 3 aliphatic rings. The van der Waals surface area contributed by atoms with Crippen molar-refractivity contribution in [3.63, 3.8) is 0 Å². The van der Waals surface area contributed by atoms with E-state index in [-0.39, 0.29) is 60.3 Å². The van der Waals surface area contributed by atoms with Gasteiger partial charge in [-0.1, -0.05) is 6.07 Å². The zero-order valence-corrected chi connectivity index (χ0v) is 30.8. The molecule has 0 spiro atoms. The maximum Gasteiger partial charge on any atom is 0.417 e. The minimum Gasteiger partial charge on any atom is -0.490 e. The highest BCUT2D eigenvalue weighted by Crippen LogP contribution is 2.43.